The molecule has 6 nitrogen and oxygen atoms in total. The number of methoxy groups -OCH3 is 1. The van der Waals surface area contributed by atoms with Gasteiger partial charge in [0.2, 0.25) is 0 Å². The normalized spacial score (nSPS) is 21.9. The van der Waals surface area contributed by atoms with Crippen LogP contribution >= 0.6 is 0 Å². The minimum Gasteiger partial charge on any atom is -0.496 e. The number of sulfonamides is 1. The average molecular weight is 429 g/mol. The smallest absolute Gasteiger partial charge is 0.269 e. The van der Waals surface area contributed by atoms with Crippen molar-refractivity contribution in [1.29, 1.82) is 0 Å². The zero-order chi connectivity index (χ0) is 21.4. The van der Waals surface area contributed by atoms with Gasteiger partial charge in [0, 0.05) is 24.1 Å². The van der Waals surface area contributed by atoms with Crippen LogP contribution in [-0.2, 0) is 21.9 Å². The van der Waals surface area contributed by atoms with Crippen LogP contribution in [0, 0.1) is 0 Å². The number of nitrogens with zero attached hydrogens (tertiary/aromatic N) is 1. The van der Waals surface area contributed by atoms with E-state index in [0.717, 1.165) is 42.2 Å². The Labute approximate surface area is 178 Å². The molecule has 2 aliphatic rings. The van der Waals surface area contributed by atoms with E-state index in [9.17, 15) is 13.2 Å². The van der Waals surface area contributed by atoms with Gasteiger partial charge in [0.25, 0.3) is 15.9 Å². The molecule has 1 aliphatic carbocycles. The number of ether oxygens (including phenoxy) is 1. The molecule has 0 saturated heterocycles. The Balaban J connectivity index is 1.48. The molecule has 160 valence electrons. The fourth-order valence-corrected chi connectivity index (χ4v) is 6.63. The second-order valence-electron chi connectivity index (χ2n) is 8.17. The highest BCUT2D eigenvalue weighted by Gasteiger charge is 2.41. The number of unbranched alkanes of at least 4 members (excludes halogenated alkanes) is 1. The molecule has 0 bridgehead atoms. The van der Waals surface area contributed by atoms with E-state index < -0.39 is 15.9 Å². The van der Waals surface area contributed by atoms with Crippen molar-refractivity contribution in [2.24, 2.45) is 5.73 Å². The first kappa shape index (κ1) is 20.9. The quantitative estimate of drug-likeness (QED) is 0.684. The van der Waals surface area contributed by atoms with E-state index in [2.05, 4.69) is 6.07 Å². The van der Waals surface area contributed by atoms with Crippen molar-refractivity contribution < 1.29 is 17.9 Å². The van der Waals surface area contributed by atoms with Crippen LogP contribution in [-0.4, -0.2) is 38.8 Å². The van der Waals surface area contributed by atoms with Gasteiger partial charge in [-0.3, -0.25) is 4.79 Å². The molecule has 0 fully saturated rings. The lowest BCUT2D eigenvalue weighted by Crippen LogP contribution is -2.39. The van der Waals surface area contributed by atoms with Gasteiger partial charge in [0.05, 0.1) is 12.7 Å². The summed E-state index contributed by atoms with van der Waals surface area (Å²) in [6.45, 7) is 0.710. The van der Waals surface area contributed by atoms with E-state index in [0.29, 0.717) is 13.0 Å². The zero-order valence-corrected chi connectivity index (χ0v) is 18.1. The van der Waals surface area contributed by atoms with Gasteiger partial charge in [-0.1, -0.05) is 30.7 Å². The van der Waals surface area contributed by atoms with Crippen LogP contribution in [0.1, 0.15) is 53.6 Å². The average Bonchev–Trinajstić information content (AvgIpc) is 2.96. The first-order valence-electron chi connectivity index (χ1n) is 10.5. The molecule has 1 atom stereocenters. The van der Waals surface area contributed by atoms with E-state index in [1.807, 2.05) is 12.1 Å². The molecule has 0 aromatic heterocycles. The largest absolute Gasteiger partial charge is 0.496 e. The molecule has 0 saturated carbocycles. The molecule has 4 rings (SSSR count). The number of nitrogens with two attached hydrogens (primary N) is 1. The third-order valence-corrected chi connectivity index (χ3v) is 8.37. The highest BCUT2D eigenvalue weighted by atomic mass is 32.2. The van der Waals surface area contributed by atoms with Gasteiger partial charge in [-0.15, -0.1) is 0 Å². The van der Waals surface area contributed by atoms with Crippen LogP contribution in [0.5, 0.6) is 5.75 Å². The number of hydrogen-bond acceptors (Lipinski definition) is 5. The van der Waals surface area contributed by atoms with Gasteiger partial charge in [0.15, 0.2) is 0 Å². The molecular formula is C23H28N2O4S. The van der Waals surface area contributed by atoms with Crippen molar-refractivity contribution in [3.8, 4) is 5.75 Å². The first-order valence-corrected chi connectivity index (χ1v) is 11.9. The third kappa shape index (κ3) is 3.30. The Hall–Kier alpha value is -2.38. The van der Waals surface area contributed by atoms with Crippen molar-refractivity contribution >= 4 is 15.9 Å². The van der Waals surface area contributed by atoms with E-state index in [1.54, 1.807) is 25.3 Å². The Morgan fingerprint density at radius 1 is 1.13 bits per heavy atom. The summed E-state index contributed by atoms with van der Waals surface area (Å²) in [6.07, 6.45) is 5.31. The number of carbonyl (C=O) groups is 1. The Morgan fingerprint density at radius 3 is 2.67 bits per heavy atom. The molecule has 2 aromatic carbocycles. The number of carbonyl (C=O) groups excluding carboxylic acids is 1. The number of fused-ring (bicyclic) bond motifs is 2. The Kier molecular flexibility index (Phi) is 5.59. The summed E-state index contributed by atoms with van der Waals surface area (Å²) in [4.78, 5) is 12.7. The molecule has 30 heavy (non-hydrogen) atoms. The molecule has 0 radical (unpaired) electrons. The van der Waals surface area contributed by atoms with Gasteiger partial charge >= 0.3 is 0 Å². The van der Waals surface area contributed by atoms with Crippen LogP contribution in [0.3, 0.4) is 0 Å². The maximum Gasteiger partial charge on any atom is 0.269 e. The molecule has 1 heterocycles. The molecule has 7 heteroatoms. The van der Waals surface area contributed by atoms with Crippen LogP contribution in [0.25, 0.3) is 0 Å². The number of hydrogen-bond donors (Lipinski definition) is 1. The summed E-state index contributed by atoms with van der Waals surface area (Å²) in [7, 11) is -2.05. The summed E-state index contributed by atoms with van der Waals surface area (Å²) in [6, 6.07) is 12.6. The van der Waals surface area contributed by atoms with Crippen molar-refractivity contribution in [3.05, 3.63) is 59.2 Å². The second-order valence-corrected chi connectivity index (χ2v) is 10.00. The van der Waals surface area contributed by atoms with Crippen molar-refractivity contribution in [3.63, 3.8) is 0 Å². The molecule has 1 aliphatic heterocycles. The second kappa shape index (κ2) is 8.04. The summed E-state index contributed by atoms with van der Waals surface area (Å²) in [5.41, 5.74) is 8.88. The van der Waals surface area contributed by atoms with E-state index >= 15 is 0 Å². The fourth-order valence-electron chi connectivity index (χ4n) is 5.03. The maximum absolute atomic E-state index is 12.7. The summed E-state index contributed by atoms with van der Waals surface area (Å²) in [5.74, 6) is 0.453. The lowest BCUT2D eigenvalue weighted by molar-refractivity contribution is 0.0869. The van der Waals surface area contributed by atoms with Crippen molar-refractivity contribution in [1.82, 2.24) is 4.31 Å². The molecule has 1 amide bonds. The molecule has 1 unspecified atom stereocenters. The number of benzene rings is 2. The summed E-state index contributed by atoms with van der Waals surface area (Å²) in [5, 5.41) is 0. The third-order valence-electron chi connectivity index (χ3n) is 6.53. The Bertz CT molecular complexity index is 1050. The lowest BCUT2D eigenvalue weighted by Gasteiger charge is -2.39. The predicted octanol–water partition coefficient (Wildman–Crippen LogP) is 3.24. The van der Waals surface area contributed by atoms with Crippen LogP contribution < -0.4 is 10.5 Å². The minimum atomic E-state index is -3.74. The van der Waals surface area contributed by atoms with E-state index in [1.165, 1.54) is 17.2 Å². The van der Waals surface area contributed by atoms with Gasteiger partial charge in [-0.2, -0.15) is 0 Å². The fraction of sp³-hybridized carbons (Fsp3) is 0.435. The topological polar surface area (TPSA) is 89.7 Å². The number of rotatable bonds is 7. The number of aryl methyl sites for hydroxylation is 1. The van der Waals surface area contributed by atoms with Crippen molar-refractivity contribution in [2.75, 3.05) is 20.2 Å². The summed E-state index contributed by atoms with van der Waals surface area (Å²) >= 11 is 0. The molecular weight excluding hydrogens is 400 g/mol. The van der Waals surface area contributed by atoms with Crippen LogP contribution in [0.2, 0.25) is 0 Å². The Morgan fingerprint density at radius 2 is 1.93 bits per heavy atom. The highest BCUT2D eigenvalue weighted by Crippen LogP contribution is 2.45. The predicted molar refractivity (Wildman–Crippen MR) is 115 cm³/mol. The lowest BCUT2D eigenvalue weighted by atomic mass is 9.67. The minimum absolute atomic E-state index is 0.111. The van der Waals surface area contributed by atoms with Gasteiger partial charge < -0.3 is 10.5 Å². The van der Waals surface area contributed by atoms with Gasteiger partial charge in [-0.05, 0) is 55.9 Å². The van der Waals surface area contributed by atoms with Crippen LogP contribution in [0.4, 0.5) is 0 Å². The highest BCUT2D eigenvalue weighted by molar-refractivity contribution is 7.90. The first-order chi connectivity index (χ1) is 14.4. The van der Waals surface area contributed by atoms with E-state index in [4.69, 9.17) is 10.5 Å². The molecule has 2 aromatic rings. The molecule has 2 N–H and O–H groups in total. The number of amides is 1. The standard InChI is InChI=1S/C23H28N2O4S/c1-29-19-11-6-8-17-9-7-14-23(16-24,21(17)19)13-4-5-15-25-22(26)18-10-2-3-12-20(18)30(25,27)28/h2-3,6,8,10-12H,4-5,7,9,13-16,24H2,1H3. The van der Waals surface area contributed by atoms with Gasteiger partial charge in [-0.25, -0.2) is 12.7 Å². The zero-order valence-electron chi connectivity index (χ0n) is 17.3. The molecule has 0 spiro atoms. The van der Waals surface area contributed by atoms with Crippen LogP contribution in [0.15, 0.2) is 47.4 Å². The monoisotopic (exact) mass is 428 g/mol. The summed E-state index contributed by atoms with van der Waals surface area (Å²) < 4.78 is 32.1. The van der Waals surface area contributed by atoms with E-state index in [-0.39, 0.29) is 22.4 Å². The maximum atomic E-state index is 12.7. The van der Waals surface area contributed by atoms with Gasteiger partial charge in [0.1, 0.15) is 10.6 Å². The SMILES string of the molecule is COc1cccc2c1C(CN)(CCCCN1C(=O)c3ccccc3S1(=O)=O)CCC2. The van der Waals surface area contributed by atoms with Crippen molar-refractivity contribution in [2.45, 2.75) is 48.8 Å².